The second-order valence-corrected chi connectivity index (χ2v) is 5.69. The summed E-state index contributed by atoms with van der Waals surface area (Å²) in [6, 6.07) is 0.431. The van der Waals surface area contributed by atoms with Crippen molar-refractivity contribution in [1.29, 1.82) is 0 Å². The highest BCUT2D eigenvalue weighted by Gasteiger charge is 2.42. The van der Waals surface area contributed by atoms with Crippen LogP contribution in [0.2, 0.25) is 0 Å². The predicted octanol–water partition coefficient (Wildman–Crippen LogP) is 2.13. The third-order valence-corrected chi connectivity index (χ3v) is 4.46. The molecular weight excluding hydrogens is 198 g/mol. The molecule has 3 nitrogen and oxygen atoms in total. The van der Waals surface area contributed by atoms with Crippen LogP contribution in [0.3, 0.4) is 0 Å². The van der Waals surface area contributed by atoms with Crippen LogP contribution in [0, 0.1) is 5.92 Å². The summed E-state index contributed by atoms with van der Waals surface area (Å²) >= 11 is 0. The Labute approximate surface area is 101 Å². The lowest BCUT2D eigenvalue weighted by atomic mass is 9.71. The molecule has 16 heavy (non-hydrogen) atoms. The molecule has 1 unspecified atom stereocenters. The Bertz CT molecular complexity index is 195. The number of nitrogens with two attached hydrogens (primary N) is 1. The molecule has 1 fully saturated rings. The van der Waals surface area contributed by atoms with Crippen molar-refractivity contribution < 1.29 is 0 Å². The van der Waals surface area contributed by atoms with Crippen LogP contribution in [0.5, 0.6) is 0 Å². The van der Waals surface area contributed by atoms with E-state index in [1.54, 1.807) is 0 Å². The fourth-order valence-electron chi connectivity index (χ4n) is 3.17. The van der Waals surface area contributed by atoms with E-state index < -0.39 is 0 Å². The fourth-order valence-corrected chi connectivity index (χ4v) is 3.17. The summed E-state index contributed by atoms with van der Waals surface area (Å²) in [7, 11) is 4.41. The Morgan fingerprint density at radius 3 is 2.31 bits per heavy atom. The Morgan fingerprint density at radius 1 is 1.38 bits per heavy atom. The highest BCUT2D eigenvalue weighted by molar-refractivity contribution is 5.00. The van der Waals surface area contributed by atoms with Crippen molar-refractivity contribution in [3.8, 4) is 0 Å². The van der Waals surface area contributed by atoms with Gasteiger partial charge in [-0.1, -0.05) is 20.3 Å². The monoisotopic (exact) mass is 227 g/mol. The van der Waals surface area contributed by atoms with Crippen molar-refractivity contribution in [1.82, 2.24) is 10.3 Å². The molecule has 1 aliphatic rings. The molecule has 1 atom stereocenters. The van der Waals surface area contributed by atoms with Crippen molar-refractivity contribution in [2.24, 2.45) is 11.8 Å². The quantitative estimate of drug-likeness (QED) is 0.558. The maximum Gasteiger partial charge on any atom is 0.0394 e. The van der Waals surface area contributed by atoms with E-state index in [1.165, 1.54) is 38.5 Å². The summed E-state index contributed by atoms with van der Waals surface area (Å²) in [5, 5.41) is 0. The van der Waals surface area contributed by atoms with Crippen molar-refractivity contribution >= 4 is 0 Å². The largest absolute Gasteiger partial charge is 0.302 e. The molecule has 0 aliphatic heterocycles. The van der Waals surface area contributed by atoms with E-state index in [2.05, 4.69) is 38.3 Å². The standard InChI is InChI=1S/C13H29N3/c1-5-6-12(15-14)13(16(3)4)9-7-11(2)8-10-13/h11-12,15H,5-10,14H2,1-4H3. The molecule has 0 bridgehead atoms. The molecule has 0 saturated heterocycles. The van der Waals surface area contributed by atoms with Gasteiger partial charge in [0.15, 0.2) is 0 Å². The zero-order chi connectivity index (χ0) is 12.2. The van der Waals surface area contributed by atoms with Crippen LogP contribution in [-0.2, 0) is 0 Å². The molecule has 0 aromatic heterocycles. The number of rotatable bonds is 5. The molecule has 0 amide bonds. The number of hydrazine groups is 1. The topological polar surface area (TPSA) is 41.3 Å². The van der Waals surface area contributed by atoms with E-state index in [0.29, 0.717) is 6.04 Å². The number of hydrogen-bond donors (Lipinski definition) is 2. The van der Waals surface area contributed by atoms with Crippen molar-refractivity contribution in [3.05, 3.63) is 0 Å². The maximum atomic E-state index is 5.77. The van der Waals surface area contributed by atoms with Gasteiger partial charge >= 0.3 is 0 Å². The van der Waals surface area contributed by atoms with Gasteiger partial charge in [-0.15, -0.1) is 0 Å². The first-order valence-electron chi connectivity index (χ1n) is 6.70. The van der Waals surface area contributed by atoms with Crippen LogP contribution < -0.4 is 11.3 Å². The van der Waals surface area contributed by atoms with Crippen molar-refractivity contribution in [3.63, 3.8) is 0 Å². The normalized spacial score (nSPS) is 33.0. The number of nitrogens with zero attached hydrogens (tertiary/aromatic N) is 1. The van der Waals surface area contributed by atoms with Crippen molar-refractivity contribution in [2.45, 2.75) is 64.0 Å². The number of nitrogens with one attached hydrogen (secondary N) is 1. The Hall–Kier alpha value is -0.120. The van der Waals surface area contributed by atoms with Crippen molar-refractivity contribution in [2.75, 3.05) is 14.1 Å². The SMILES string of the molecule is CCCC(NN)C1(N(C)C)CCC(C)CC1. The molecule has 0 radical (unpaired) electrons. The zero-order valence-electron chi connectivity index (χ0n) is 11.4. The van der Waals surface area contributed by atoms with Crippen LogP contribution in [0.1, 0.15) is 52.4 Å². The zero-order valence-corrected chi connectivity index (χ0v) is 11.4. The minimum Gasteiger partial charge on any atom is -0.302 e. The van der Waals surface area contributed by atoms with Gasteiger partial charge in [0.2, 0.25) is 0 Å². The average Bonchev–Trinajstić information content (AvgIpc) is 2.27. The maximum absolute atomic E-state index is 5.77. The second-order valence-electron chi connectivity index (χ2n) is 5.69. The summed E-state index contributed by atoms with van der Waals surface area (Å²) in [5.74, 6) is 6.65. The summed E-state index contributed by atoms with van der Waals surface area (Å²) < 4.78 is 0. The van der Waals surface area contributed by atoms with E-state index in [9.17, 15) is 0 Å². The molecule has 0 aromatic rings. The third-order valence-electron chi connectivity index (χ3n) is 4.46. The highest BCUT2D eigenvalue weighted by Crippen LogP contribution is 2.38. The molecule has 96 valence electrons. The van der Waals surface area contributed by atoms with Crippen LogP contribution >= 0.6 is 0 Å². The molecule has 0 heterocycles. The first kappa shape index (κ1) is 13.9. The average molecular weight is 227 g/mol. The molecule has 0 spiro atoms. The van der Waals surface area contributed by atoms with Crippen LogP contribution in [0.25, 0.3) is 0 Å². The summed E-state index contributed by atoms with van der Waals surface area (Å²) in [6.45, 7) is 4.60. The summed E-state index contributed by atoms with van der Waals surface area (Å²) in [5.41, 5.74) is 3.34. The van der Waals surface area contributed by atoms with E-state index in [1.807, 2.05) is 0 Å². The fraction of sp³-hybridized carbons (Fsp3) is 1.00. The Kier molecular flexibility index (Phi) is 5.22. The Balaban J connectivity index is 2.78. The van der Waals surface area contributed by atoms with Gasteiger partial charge in [-0.05, 0) is 52.1 Å². The third kappa shape index (κ3) is 2.76. The smallest absolute Gasteiger partial charge is 0.0394 e. The molecular formula is C13H29N3. The number of hydrogen-bond acceptors (Lipinski definition) is 3. The minimum atomic E-state index is 0.275. The molecule has 1 aliphatic carbocycles. The second kappa shape index (κ2) is 5.99. The first-order chi connectivity index (χ1) is 7.56. The molecule has 1 rings (SSSR count). The highest BCUT2D eigenvalue weighted by atomic mass is 15.3. The molecule has 1 saturated carbocycles. The molecule has 0 aromatic carbocycles. The first-order valence-corrected chi connectivity index (χ1v) is 6.70. The lowest BCUT2D eigenvalue weighted by Crippen LogP contribution is -2.61. The lowest BCUT2D eigenvalue weighted by molar-refractivity contribution is 0.0401. The van der Waals surface area contributed by atoms with Crippen LogP contribution in [0.4, 0.5) is 0 Å². The minimum absolute atomic E-state index is 0.275. The van der Waals surface area contributed by atoms with Gasteiger partial charge in [0.05, 0.1) is 0 Å². The van der Waals surface area contributed by atoms with E-state index in [-0.39, 0.29) is 5.54 Å². The predicted molar refractivity (Wildman–Crippen MR) is 70.1 cm³/mol. The van der Waals surface area contributed by atoms with Gasteiger partial charge in [0.1, 0.15) is 0 Å². The Morgan fingerprint density at radius 2 is 1.94 bits per heavy atom. The summed E-state index contributed by atoms with van der Waals surface area (Å²) in [4.78, 5) is 2.40. The van der Waals surface area contributed by atoms with E-state index in [0.717, 1.165) is 5.92 Å². The van der Waals surface area contributed by atoms with Gasteiger partial charge in [-0.3, -0.25) is 11.3 Å². The van der Waals surface area contributed by atoms with Gasteiger partial charge < -0.3 is 4.90 Å². The number of likely N-dealkylation sites (N-methyl/N-ethyl adjacent to an activating group) is 1. The van der Waals surface area contributed by atoms with Gasteiger partial charge in [-0.25, -0.2) is 0 Å². The summed E-state index contributed by atoms with van der Waals surface area (Å²) in [6.07, 6.45) is 7.58. The lowest BCUT2D eigenvalue weighted by Gasteiger charge is -2.49. The van der Waals surface area contributed by atoms with Crippen LogP contribution in [0.15, 0.2) is 0 Å². The molecule has 3 N–H and O–H groups in total. The van der Waals surface area contributed by atoms with E-state index in [4.69, 9.17) is 5.84 Å². The molecule has 3 heteroatoms. The van der Waals surface area contributed by atoms with Crippen LogP contribution in [-0.4, -0.2) is 30.6 Å². The van der Waals surface area contributed by atoms with Gasteiger partial charge in [-0.2, -0.15) is 0 Å². The van der Waals surface area contributed by atoms with Gasteiger partial charge in [0, 0.05) is 11.6 Å². The van der Waals surface area contributed by atoms with E-state index >= 15 is 0 Å². The van der Waals surface area contributed by atoms with Gasteiger partial charge in [0.25, 0.3) is 0 Å².